The molecule has 0 aliphatic carbocycles. The van der Waals surface area contributed by atoms with E-state index in [2.05, 4.69) is 4.99 Å². The van der Waals surface area contributed by atoms with Crippen LogP contribution in [0.1, 0.15) is 26.5 Å². The van der Waals surface area contributed by atoms with Crippen molar-refractivity contribution in [2.45, 2.75) is 51.4 Å². The van der Waals surface area contributed by atoms with E-state index in [0.29, 0.717) is 5.76 Å². The SMILES string of the molecule is CC(=O)OC[C@H]1O[C@@H]2N=C(c3ccco3)O[C@@H]2[C@@H](OC(C)=O)[C@@H]1OC(C)=O. The number of esters is 3. The Morgan fingerprint density at radius 2 is 1.78 bits per heavy atom. The standard InChI is InChI=1S/C17H19NO9/c1-8(19)23-7-12-13(24-9(2)20)14(25-10(3)21)15-17(26-12)18-16(27-15)11-5-4-6-22-11/h4-6,12-15,17H,7H2,1-3H3/t12-,13-,14+,15-,17+/m1/s1. The van der Waals surface area contributed by atoms with E-state index < -0.39 is 48.6 Å². The number of nitrogens with zero attached hydrogens (tertiary/aromatic N) is 1. The highest BCUT2D eigenvalue weighted by Gasteiger charge is 2.54. The van der Waals surface area contributed by atoms with Crippen molar-refractivity contribution < 1.29 is 42.5 Å². The van der Waals surface area contributed by atoms with Gasteiger partial charge in [-0.05, 0) is 12.1 Å². The zero-order valence-corrected chi connectivity index (χ0v) is 14.9. The zero-order chi connectivity index (χ0) is 19.6. The molecule has 5 atom stereocenters. The molecule has 1 fully saturated rings. The van der Waals surface area contributed by atoms with Gasteiger partial charge in [0.1, 0.15) is 12.7 Å². The van der Waals surface area contributed by atoms with Crippen molar-refractivity contribution >= 4 is 23.8 Å². The molecule has 2 aliphatic rings. The third-order valence-electron chi connectivity index (χ3n) is 3.89. The maximum Gasteiger partial charge on any atom is 0.303 e. The van der Waals surface area contributed by atoms with Crippen LogP contribution in [0.25, 0.3) is 0 Å². The maximum atomic E-state index is 11.6. The largest absolute Gasteiger partial charge is 0.463 e. The number of fused-ring (bicyclic) bond motifs is 1. The summed E-state index contributed by atoms with van der Waals surface area (Å²) in [5, 5.41) is 0. The zero-order valence-electron chi connectivity index (χ0n) is 14.9. The molecule has 1 aromatic rings. The Labute approximate surface area is 154 Å². The van der Waals surface area contributed by atoms with Gasteiger partial charge < -0.3 is 28.1 Å². The Balaban J connectivity index is 1.88. The first-order valence-electron chi connectivity index (χ1n) is 8.26. The second kappa shape index (κ2) is 7.78. The summed E-state index contributed by atoms with van der Waals surface area (Å²) in [6.07, 6.45) is -3.21. The summed E-state index contributed by atoms with van der Waals surface area (Å²) in [5.41, 5.74) is 0. The quantitative estimate of drug-likeness (QED) is 0.532. The number of hydrogen-bond acceptors (Lipinski definition) is 10. The van der Waals surface area contributed by atoms with E-state index in [9.17, 15) is 14.4 Å². The van der Waals surface area contributed by atoms with Crippen LogP contribution in [-0.2, 0) is 38.1 Å². The molecule has 0 saturated carbocycles. The van der Waals surface area contributed by atoms with Crippen LogP contribution in [-0.4, -0.2) is 61.1 Å². The predicted molar refractivity (Wildman–Crippen MR) is 86.5 cm³/mol. The highest BCUT2D eigenvalue weighted by atomic mass is 16.7. The lowest BCUT2D eigenvalue weighted by atomic mass is 9.98. The number of carbonyl (C=O) groups is 3. The molecule has 0 radical (unpaired) electrons. The van der Waals surface area contributed by atoms with Gasteiger partial charge in [-0.1, -0.05) is 0 Å². The van der Waals surface area contributed by atoms with Crippen molar-refractivity contribution in [3.63, 3.8) is 0 Å². The van der Waals surface area contributed by atoms with Gasteiger partial charge >= 0.3 is 17.9 Å². The Kier molecular flexibility index (Phi) is 5.45. The molecule has 0 bridgehead atoms. The van der Waals surface area contributed by atoms with Gasteiger partial charge in [0.2, 0.25) is 0 Å². The van der Waals surface area contributed by atoms with Crippen molar-refractivity contribution in [3.05, 3.63) is 24.2 Å². The average Bonchev–Trinajstić information content (AvgIpc) is 3.23. The topological polar surface area (TPSA) is 123 Å². The Morgan fingerprint density at radius 3 is 2.37 bits per heavy atom. The lowest BCUT2D eigenvalue weighted by molar-refractivity contribution is -0.236. The first-order chi connectivity index (χ1) is 12.8. The highest BCUT2D eigenvalue weighted by molar-refractivity contribution is 5.92. The van der Waals surface area contributed by atoms with E-state index in [0.717, 1.165) is 0 Å². The minimum atomic E-state index is -1.04. The minimum Gasteiger partial charge on any atom is -0.463 e. The third kappa shape index (κ3) is 4.27. The Hall–Kier alpha value is -2.88. The van der Waals surface area contributed by atoms with Gasteiger partial charge in [-0.3, -0.25) is 14.4 Å². The molecule has 0 unspecified atom stereocenters. The first kappa shape index (κ1) is 18.9. The highest BCUT2D eigenvalue weighted by Crippen LogP contribution is 2.33. The van der Waals surface area contributed by atoms with Crippen LogP contribution in [0, 0.1) is 0 Å². The van der Waals surface area contributed by atoms with Gasteiger partial charge in [-0.2, -0.15) is 0 Å². The predicted octanol–water partition coefficient (Wildman–Crippen LogP) is 0.576. The van der Waals surface area contributed by atoms with E-state index in [1.54, 1.807) is 12.1 Å². The molecule has 27 heavy (non-hydrogen) atoms. The summed E-state index contributed by atoms with van der Waals surface area (Å²) in [5.74, 6) is -1.21. The molecule has 3 rings (SSSR count). The minimum absolute atomic E-state index is 0.168. The summed E-state index contributed by atoms with van der Waals surface area (Å²) in [4.78, 5) is 38.7. The number of hydrogen-bond donors (Lipinski definition) is 0. The number of rotatable bonds is 5. The fourth-order valence-electron chi connectivity index (χ4n) is 2.91. The van der Waals surface area contributed by atoms with Crippen LogP contribution in [0.3, 0.4) is 0 Å². The van der Waals surface area contributed by atoms with E-state index in [4.69, 9.17) is 28.1 Å². The molecular formula is C17H19NO9. The number of ether oxygens (including phenoxy) is 5. The monoisotopic (exact) mass is 381 g/mol. The number of furan rings is 1. The molecule has 10 heteroatoms. The van der Waals surface area contributed by atoms with Crippen LogP contribution < -0.4 is 0 Å². The molecule has 10 nitrogen and oxygen atoms in total. The van der Waals surface area contributed by atoms with Crippen molar-refractivity contribution in [1.82, 2.24) is 0 Å². The van der Waals surface area contributed by atoms with Gasteiger partial charge in [-0.15, -0.1) is 0 Å². The van der Waals surface area contributed by atoms with Gasteiger partial charge in [0.15, 0.2) is 30.3 Å². The Bertz CT molecular complexity index is 742. The van der Waals surface area contributed by atoms with Gasteiger partial charge in [0.05, 0.1) is 6.26 Å². The molecule has 0 amide bonds. The van der Waals surface area contributed by atoms with Crippen molar-refractivity contribution in [2.24, 2.45) is 4.99 Å². The molecule has 0 N–H and O–H groups in total. The third-order valence-corrected chi connectivity index (χ3v) is 3.89. The number of aliphatic imine (C=N–C) groups is 1. The van der Waals surface area contributed by atoms with Crippen molar-refractivity contribution in [3.8, 4) is 0 Å². The van der Waals surface area contributed by atoms with Gasteiger partial charge in [0.25, 0.3) is 5.90 Å². The second-order valence-electron chi connectivity index (χ2n) is 6.01. The van der Waals surface area contributed by atoms with Crippen LogP contribution in [0.15, 0.2) is 27.8 Å². The van der Waals surface area contributed by atoms with Crippen LogP contribution >= 0.6 is 0 Å². The molecule has 2 aliphatic heterocycles. The molecule has 1 aromatic heterocycles. The number of carbonyl (C=O) groups excluding carboxylic acids is 3. The maximum absolute atomic E-state index is 11.6. The van der Waals surface area contributed by atoms with Crippen molar-refractivity contribution in [1.29, 1.82) is 0 Å². The molecule has 3 heterocycles. The molecule has 146 valence electrons. The summed E-state index contributed by atoms with van der Waals surface area (Å²) >= 11 is 0. The lowest BCUT2D eigenvalue weighted by Gasteiger charge is -2.40. The average molecular weight is 381 g/mol. The summed E-state index contributed by atoms with van der Waals surface area (Å²) in [6, 6.07) is 3.32. The van der Waals surface area contributed by atoms with E-state index >= 15 is 0 Å². The van der Waals surface area contributed by atoms with Crippen LogP contribution in [0.2, 0.25) is 0 Å². The smallest absolute Gasteiger partial charge is 0.303 e. The van der Waals surface area contributed by atoms with Crippen LogP contribution in [0.5, 0.6) is 0 Å². The fourth-order valence-corrected chi connectivity index (χ4v) is 2.91. The second-order valence-corrected chi connectivity index (χ2v) is 6.01. The molecule has 0 aromatic carbocycles. The van der Waals surface area contributed by atoms with Crippen molar-refractivity contribution in [2.75, 3.05) is 6.61 Å². The molecule has 0 spiro atoms. The summed E-state index contributed by atoms with van der Waals surface area (Å²) in [6.45, 7) is 3.46. The first-order valence-corrected chi connectivity index (χ1v) is 8.26. The molecular weight excluding hydrogens is 362 g/mol. The Morgan fingerprint density at radius 1 is 1.07 bits per heavy atom. The summed E-state index contributed by atoms with van der Waals surface area (Å²) < 4.78 is 32.5. The lowest BCUT2D eigenvalue weighted by Crippen LogP contribution is -2.60. The van der Waals surface area contributed by atoms with E-state index in [1.165, 1.54) is 27.0 Å². The fraction of sp³-hybridized carbons (Fsp3) is 0.529. The normalized spacial score (nSPS) is 29.1. The summed E-state index contributed by atoms with van der Waals surface area (Å²) in [7, 11) is 0. The van der Waals surface area contributed by atoms with E-state index in [-0.39, 0.29) is 12.5 Å². The van der Waals surface area contributed by atoms with Crippen LogP contribution in [0.4, 0.5) is 0 Å². The molecule has 1 saturated heterocycles. The van der Waals surface area contributed by atoms with Gasteiger partial charge in [0, 0.05) is 20.8 Å². The van der Waals surface area contributed by atoms with Gasteiger partial charge in [-0.25, -0.2) is 4.99 Å². The van der Waals surface area contributed by atoms with E-state index in [1.807, 2.05) is 0 Å².